The summed E-state index contributed by atoms with van der Waals surface area (Å²) in [5.41, 5.74) is 2.16. The number of fused-ring (bicyclic) bond motifs is 3. The van der Waals surface area contributed by atoms with Gasteiger partial charge in [0.15, 0.2) is 0 Å². The van der Waals surface area contributed by atoms with Crippen molar-refractivity contribution in [2.24, 2.45) is 5.41 Å². The normalized spacial score (nSPS) is 30.3. The number of hydrogen-bond acceptors (Lipinski definition) is 3. The van der Waals surface area contributed by atoms with Crippen LogP contribution in [0.15, 0.2) is 22.7 Å². The van der Waals surface area contributed by atoms with Gasteiger partial charge in [-0.1, -0.05) is 22.0 Å². The molecule has 0 radical (unpaired) electrons. The Hall–Kier alpha value is -1.05. The maximum atomic E-state index is 9.53. The summed E-state index contributed by atoms with van der Waals surface area (Å²) in [5.74, 6) is 0. The average molecular weight is 307 g/mol. The molecule has 1 unspecified atom stereocenters. The number of benzene rings is 1. The molecule has 0 bridgehead atoms. The van der Waals surface area contributed by atoms with Crippen LogP contribution < -0.4 is 4.90 Å². The van der Waals surface area contributed by atoms with Gasteiger partial charge < -0.3 is 9.64 Å². The fraction of sp³-hybridized carbons (Fsp3) is 0.500. The Labute approximate surface area is 115 Å². The highest BCUT2D eigenvalue weighted by atomic mass is 79.9. The van der Waals surface area contributed by atoms with E-state index in [2.05, 4.69) is 45.1 Å². The first kappa shape index (κ1) is 12.0. The Morgan fingerprint density at radius 1 is 1.56 bits per heavy atom. The molecular formula is C14H15BrN2O. The van der Waals surface area contributed by atoms with Crippen LogP contribution in [0, 0.1) is 16.7 Å². The molecule has 2 heterocycles. The first-order valence-electron chi connectivity index (χ1n) is 6.18. The van der Waals surface area contributed by atoms with E-state index in [9.17, 15) is 5.26 Å². The summed E-state index contributed by atoms with van der Waals surface area (Å²) in [7, 11) is 0. The molecule has 0 N–H and O–H groups in total. The summed E-state index contributed by atoms with van der Waals surface area (Å²) in [6.45, 7) is 4.30. The molecule has 94 valence electrons. The second-order valence-corrected chi connectivity index (χ2v) is 6.18. The smallest absolute Gasteiger partial charge is 0.0812 e. The van der Waals surface area contributed by atoms with Crippen LogP contribution in [0.3, 0.4) is 0 Å². The molecule has 3 nitrogen and oxygen atoms in total. The van der Waals surface area contributed by atoms with Gasteiger partial charge in [0.1, 0.15) is 0 Å². The standard InChI is InChI=1S/C14H15BrN2O/c1-14(9-16)7-10-2-3-11(15)6-12(10)17-4-5-18-8-13(14)17/h2-3,6,13H,4-5,7-8H2,1H3/t13?,14-/m1/s1. The molecule has 2 aliphatic heterocycles. The molecule has 1 saturated heterocycles. The van der Waals surface area contributed by atoms with Crippen LogP contribution in [-0.2, 0) is 11.2 Å². The zero-order valence-corrected chi connectivity index (χ0v) is 11.9. The maximum Gasteiger partial charge on any atom is 0.0812 e. The largest absolute Gasteiger partial charge is 0.377 e. The van der Waals surface area contributed by atoms with Crippen molar-refractivity contribution in [3.8, 4) is 6.07 Å². The molecule has 1 fully saturated rings. The van der Waals surface area contributed by atoms with Crippen LogP contribution in [0.2, 0.25) is 0 Å². The maximum absolute atomic E-state index is 9.53. The fourth-order valence-corrected chi connectivity index (χ4v) is 3.35. The van der Waals surface area contributed by atoms with Gasteiger partial charge in [-0.2, -0.15) is 5.26 Å². The molecule has 0 aromatic heterocycles. The third-order valence-corrected chi connectivity index (χ3v) is 4.53. The van der Waals surface area contributed by atoms with E-state index in [4.69, 9.17) is 4.74 Å². The first-order chi connectivity index (χ1) is 8.64. The van der Waals surface area contributed by atoms with E-state index in [0.717, 1.165) is 24.0 Å². The topological polar surface area (TPSA) is 36.3 Å². The minimum absolute atomic E-state index is 0.165. The van der Waals surface area contributed by atoms with E-state index in [1.807, 2.05) is 6.92 Å². The number of ether oxygens (including phenoxy) is 1. The van der Waals surface area contributed by atoms with Crippen LogP contribution >= 0.6 is 15.9 Å². The minimum atomic E-state index is -0.360. The van der Waals surface area contributed by atoms with Gasteiger partial charge in [0, 0.05) is 16.7 Å². The number of rotatable bonds is 0. The molecule has 3 rings (SSSR count). The second-order valence-electron chi connectivity index (χ2n) is 5.26. The Bertz CT molecular complexity index is 525. The summed E-state index contributed by atoms with van der Waals surface area (Å²) in [4.78, 5) is 2.34. The summed E-state index contributed by atoms with van der Waals surface area (Å²) in [6, 6.07) is 9.00. The monoisotopic (exact) mass is 306 g/mol. The summed E-state index contributed by atoms with van der Waals surface area (Å²) in [6.07, 6.45) is 0.802. The van der Waals surface area contributed by atoms with Crippen molar-refractivity contribution in [3.05, 3.63) is 28.2 Å². The van der Waals surface area contributed by atoms with Crippen molar-refractivity contribution >= 4 is 21.6 Å². The highest BCUT2D eigenvalue weighted by molar-refractivity contribution is 9.10. The van der Waals surface area contributed by atoms with Crippen molar-refractivity contribution in [1.29, 1.82) is 5.26 Å². The Morgan fingerprint density at radius 2 is 2.39 bits per heavy atom. The van der Waals surface area contributed by atoms with Gasteiger partial charge in [-0.25, -0.2) is 0 Å². The fourth-order valence-electron chi connectivity index (χ4n) is 3.00. The first-order valence-corrected chi connectivity index (χ1v) is 6.97. The predicted molar refractivity (Wildman–Crippen MR) is 73.5 cm³/mol. The Morgan fingerprint density at radius 3 is 3.17 bits per heavy atom. The number of nitrogens with zero attached hydrogens (tertiary/aromatic N) is 2. The summed E-state index contributed by atoms with van der Waals surface area (Å²) >= 11 is 3.53. The Balaban J connectivity index is 2.12. The summed E-state index contributed by atoms with van der Waals surface area (Å²) < 4.78 is 6.67. The molecule has 0 spiro atoms. The van der Waals surface area contributed by atoms with Crippen molar-refractivity contribution in [3.63, 3.8) is 0 Å². The molecule has 0 saturated carbocycles. The van der Waals surface area contributed by atoms with E-state index in [0.29, 0.717) is 6.61 Å². The van der Waals surface area contributed by atoms with E-state index in [1.54, 1.807) is 0 Å². The average Bonchev–Trinajstić information content (AvgIpc) is 2.40. The SMILES string of the molecule is C[C@]1(C#N)Cc2ccc(Br)cc2N2CCOCC21. The Kier molecular flexibility index (Phi) is 2.84. The predicted octanol–water partition coefficient (Wildman–Crippen LogP) is 2.74. The molecule has 4 heteroatoms. The van der Waals surface area contributed by atoms with Crippen LogP contribution in [0.1, 0.15) is 12.5 Å². The second kappa shape index (κ2) is 4.25. The van der Waals surface area contributed by atoms with E-state index in [-0.39, 0.29) is 11.5 Å². The lowest BCUT2D eigenvalue weighted by Crippen LogP contribution is -2.57. The molecule has 0 aliphatic carbocycles. The van der Waals surface area contributed by atoms with Gasteiger partial charge in [-0.15, -0.1) is 0 Å². The zero-order valence-electron chi connectivity index (χ0n) is 10.3. The van der Waals surface area contributed by atoms with Crippen molar-refractivity contribution in [1.82, 2.24) is 0 Å². The minimum Gasteiger partial charge on any atom is -0.377 e. The van der Waals surface area contributed by atoms with Crippen LogP contribution in [-0.4, -0.2) is 25.8 Å². The number of anilines is 1. The van der Waals surface area contributed by atoms with Crippen molar-refractivity contribution < 1.29 is 4.74 Å². The molecule has 18 heavy (non-hydrogen) atoms. The van der Waals surface area contributed by atoms with Gasteiger partial charge >= 0.3 is 0 Å². The lowest BCUT2D eigenvalue weighted by Gasteiger charge is -2.48. The third-order valence-electron chi connectivity index (χ3n) is 4.03. The highest BCUT2D eigenvalue weighted by Gasteiger charge is 2.45. The van der Waals surface area contributed by atoms with Crippen molar-refractivity contribution in [2.45, 2.75) is 19.4 Å². The molecule has 1 aromatic carbocycles. The third kappa shape index (κ3) is 1.73. The molecule has 2 atom stereocenters. The lowest BCUT2D eigenvalue weighted by atomic mass is 9.73. The molecule has 2 aliphatic rings. The van der Waals surface area contributed by atoms with Crippen LogP contribution in [0.25, 0.3) is 0 Å². The number of hydrogen-bond donors (Lipinski definition) is 0. The summed E-state index contributed by atoms with van der Waals surface area (Å²) in [5, 5.41) is 9.53. The quantitative estimate of drug-likeness (QED) is 0.739. The van der Waals surface area contributed by atoms with Gasteiger partial charge in [0.2, 0.25) is 0 Å². The number of nitriles is 1. The van der Waals surface area contributed by atoms with Gasteiger partial charge in [0.25, 0.3) is 0 Å². The molecular weight excluding hydrogens is 292 g/mol. The van der Waals surface area contributed by atoms with Crippen molar-refractivity contribution in [2.75, 3.05) is 24.7 Å². The van der Waals surface area contributed by atoms with Crippen LogP contribution in [0.5, 0.6) is 0 Å². The van der Waals surface area contributed by atoms with E-state index in [1.165, 1.54) is 11.3 Å². The lowest BCUT2D eigenvalue weighted by molar-refractivity contribution is 0.0599. The van der Waals surface area contributed by atoms with E-state index < -0.39 is 0 Å². The van der Waals surface area contributed by atoms with Gasteiger partial charge in [0.05, 0.1) is 30.7 Å². The molecule has 1 aromatic rings. The number of morpholine rings is 1. The molecule has 0 amide bonds. The zero-order chi connectivity index (χ0) is 12.8. The van der Waals surface area contributed by atoms with Gasteiger partial charge in [-0.05, 0) is 31.0 Å². The van der Waals surface area contributed by atoms with E-state index >= 15 is 0 Å². The van der Waals surface area contributed by atoms with Gasteiger partial charge in [-0.3, -0.25) is 0 Å². The highest BCUT2D eigenvalue weighted by Crippen LogP contribution is 2.42. The number of halogens is 1. The van der Waals surface area contributed by atoms with Crippen LogP contribution in [0.4, 0.5) is 5.69 Å².